The van der Waals surface area contributed by atoms with Crippen LogP contribution in [0.25, 0.3) is 0 Å². The topological polar surface area (TPSA) is 51.0 Å². The highest BCUT2D eigenvalue weighted by Gasteiger charge is 2.20. The van der Waals surface area contributed by atoms with E-state index in [4.69, 9.17) is 4.52 Å². The third-order valence-electron chi connectivity index (χ3n) is 2.53. The molecule has 1 aliphatic rings. The van der Waals surface area contributed by atoms with E-state index in [9.17, 15) is 0 Å². The third-order valence-corrected chi connectivity index (χ3v) is 2.53. The van der Waals surface area contributed by atoms with E-state index in [-0.39, 0.29) is 0 Å². The lowest BCUT2D eigenvalue weighted by atomic mass is 9.83. The summed E-state index contributed by atoms with van der Waals surface area (Å²) in [4.78, 5) is 4.28. The first kappa shape index (κ1) is 8.69. The summed E-state index contributed by atoms with van der Waals surface area (Å²) in [7, 11) is 1.88. The number of aromatic nitrogens is 2. The minimum atomic E-state index is 0.689. The Morgan fingerprint density at radius 1 is 1.54 bits per heavy atom. The molecule has 0 aromatic carbocycles. The van der Waals surface area contributed by atoms with Gasteiger partial charge in [0.25, 0.3) is 0 Å². The van der Waals surface area contributed by atoms with Gasteiger partial charge in [0.05, 0.1) is 6.54 Å². The van der Waals surface area contributed by atoms with E-state index in [1.165, 1.54) is 19.3 Å². The van der Waals surface area contributed by atoms with Crippen molar-refractivity contribution in [2.75, 3.05) is 7.05 Å². The van der Waals surface area contributed by atoms with Gasteiger partial charge in [0.15, 0.2) is 5.82 Å². The third kappa shape index (κ3) is 2.06. The average molecular weight is 181 g/mol. The molecule has 1 aromatic heterocycles. The number of hydrogen-bond acceptors (Lipinski definition) is 4. The zero-order valence-electron chi connectivity index (χ0n) is 7.92. The number of hydrogen-bond donors (Lipinski definition) is 1. The van der Waals surface area contributed by atoms with Crippen molar-refractivity contribution in [1.82, 2.24) is 15.5 Å². The van der Waals surface area contributed by atoms with Gasteiger partial charge in [0.2, 0.25) is 5.89 Å². The fraction of sp³-hybridized carbons (Fsp3) is 0.778. The van der Waals surface area contributed by atoms with Gasteiger partial charge in [-0.2, -0.15) is 4.98 Å². The van der Waals surface area contributed by atoms with Gasteiger partial charge >= 0.3 is 0 Å². The molecule has 0 amide bonds. The van der Waals surface area contributed by atoms with Crippen molar-refractivity contribution in [2.45, 2.75) is 32.2 Å². The van der Waals surface area contributed by atoms with E-state index in [1.807, 2.05) is 7.05 Å². The molecule has 1 fully saturated rings. The molecule has 1 aromatic rings. The molecular weight excluding hydrogens is 166 g/mol. The molecule has 13 heavy (non-hydrogen) atoms. The van der Waals surface area contributed by atoms with E-state index in [2.05, 4.69) is 15.5 Å². The molecule has 1 N–H and O–H groups in total. The maximum atomic E-state index is 5.12. The molecule has 0 aliphatic heterocycles. The van der Waals surface area contributed by atoms with Gasteiger partial charge in [-0.3, -0.25) is 0 Å². The van der Waals surface area contributed by atoms with Crippen molar-refractivity contribution in [3.63, 3.8) is 0 Å². The van der Waals surface area contributed by atoms with Crippen LogP contribution in [0.3, 0.4) is 0 Å². The standard InChI is InChI=1S/C9H15N3O/c1-10-6-8-11-9(13-12-8)5-7-3-2-4-7/h7,10H,2-6H2,1H3. The van der Waals surface area contributed by atoms with Crippen LogP contribution >= 0.6 is 0 Å². The predicted molar refractivity (Wildman–Crippen MR) is 48.1 cm³/mol. The Bertz CT molecular complexity index is 268. The molecule has 0 atom stereocenters. The number of nitrogens with zero attached hydrogens (tertiary/aromatic N) is 2. The molecule has 0 unspecified atom stereocenters. The van der Waals surface area contributed by atoms with Gasteiger partial charge in [0.1, 0.15) is 0 Å². The number of rotatable bonds is 4. The summed E-state index contributed by atoms with van der Waals surface area (Å²) in [6, 6.07) is 0. The summed E-state index contributed by atoms with van der Waals surface area (Å²) < 4.78 is 5.12. The molecule has 0 saturated heterocycles. The van der Waals surface area contributed by atoms with Crippen LogP contribution < -0.4 is 5.32 Å². The van der Waals surface area contributed by atoms with Gasteiger partial charge in [-0.25, -0.2) is 0 Å². The second kappa shape index (κ2) is 3.87. The minimum absolute atomic E-state index is 0.689. The van der Waals surface area contributed by atoms with Crippen LogP contribution in [-0.4, -0.2) is 17.2 Å². The first-order chi connectivity index (χ1) is 6.38. The van der Waals surface area contributed by atoms with Crippen molar-refractivity contribution >= 4 is 0 Å². The molecule has 4 heteroatoms. The van der Waals surface area contributed by atoms with Gasteiger partial charge in [-0.15, -0.1) is 0 Å². The maximum Gasteiger partial charge on any atom is 0.226 e. The number of nitrogens with one attached hydrogen (secondary N) is 1. The molecule has 0 radical (unpaired) electrons. The first-order valence-corrected chi connectivity index (χ1v) is 4.84. The Labute approximate surface area is 77.7 Å². The minimum Gasteiger partial charge on any atom is -0.339 e. The van der Waals surface area contributed by atoms with Crippen LogP contribution in [0.15, 0.2) is 4.52 Å². The summed E-state index contributed by atoms with van der Waals surface area (Å²) in [6.45, 7) is 0.689. The molecule has 1 aliphatic carbocycles. The van der Waals surface area contributed by atoms with Crippen LogP contribution in [-0.2, 0) is 13.0 Å². The van der Waals surface area contributed by atoms with Crippen LogP contribution in [0.4, 0.5) is 0 Å². The van der Waals surface area contributed by atoms with E-state index >= 15 is 0 Å². The van der Waals surface area contributed by atoms with Crippen molar-refractivity contribution in [3.8, 4) is 0 Å². The second-order valence-electron chi connectivity index (χ2n) is 3.64. The van der Waals surface area contributed by atoms with Crippen molar-refractivity contribution in [2.24, 2.45) is 5.92 Å². The summed E-state index contributed by atoms with van der Waals surface area (Å²) in [6.07, 6.45) is 4.98. The van der Waals surface area contributed by atoms with E-state index in [0.29, 0.717) is 6.54 Å². The Morgan fingerprint density at radius 3 is 3.00 bits per heavy atom. The van der Waals surface area contributed by atoms with Gasteiger partial charge in [-0.05, 0) is 25.8 Å². The van der Waals surface area contributed by atoms with E-state index < -0.39 is 0 Å². The summed E-state index contributed by atoms with van der Waals surface area (Å²) in [5.41, 5.74) is 0. The van der Waals surface area contributed by atoms with Gasteiger partial charge in [0, 0.05) is 6.42 Å². The first-order valence-electron chi connectivity index (χ1n) is 4.84. The predicted octanol–water partition coefficient (Wildman–Crippen LogP) is 1.13. The monoisotopic (exact) mass is 181 g/mol. The lowest BCUT2D eigenvalue weighted by molar-refractivity contribution is 0.273. The van der Waals surface area contributed by atoms with Crippen molar-refractivity contribution in [1.29, 1.82) is 0 Å². The fourth-order valence-electron chi connectivity index (χ4n) is 1.55. The second-order valence-corrected chi connectivity index (χ2v) is 3.64. The summed E-state index contributed by atoms with van der Waals surface area (Å²) in [5, 5.41) is 6.86. The molecule has 2 rings (SSSR count). The van der Waals surface area contributed by atoms with Gasteiger partial charge in [-0.1, -0.05) is 11.6 Å². The molecule has 0 bridgehead atoms. The normalized spacial score (nSPS) is 17.3. The Hall–Kier alpha value is -0.900. The quantitative estimate of drug-likeness (QED) is 0.756. The Kier molecular flexibility index (Phi) is 2.59. The molecule has 72 valence electrons. The molecule has 0 spiro atoms. The van der Waals surface area contributed by atoms with Crippen LogP contribution in [0, 0.1) is 5.92 Å². The van der Waals surface area contributed by atoms with E-state index in [1.54, 1.807) is 0 Å². The van der Waals surface area contributed by atoms with Crippen LogP contribution in [0.5, 0.6) is 0 Å². The molecular formula is C9H15N3O. The SMILES string of the molecule is CNCc1noc(CC2CCC2)n1. The molecule has 1 saturated carbocycles. The van der Waals surface area contributed by atoms with Crippen molar-refractivity contribution < 1.29 is 4.52 Å². The lowest BCUT2D eigenvalue weighted by Gasteiger charge is -2.23. The zero-order valence-corrected chi connectivity index (χ0v) is 7.92. The van der Waals surface area contributed by atoms with Gasteiger partial charge < -0.3 is 9.84 Å². The highest BCUT2D eigenvalue weighted by molar-refractivity contribution is 4.89. The largest absolute Gasteiger partial charge is 0.339 e. The summed E-state index contributed by atoms with van der Waals surface area (Å²) in [5.74, 6) is 2.36. The fourth-order valence-corrected chi connectivity index (χ4v) is 1.55. The maximum absolute atomic E-state index is 5.12. The average Bonchev–Trinajstić information content (AvgIpc) is 2.46. The van der Waals surface area contributed by atoms with E-state index in [0.717, 1.165) is 24.1 Å². The molecule has 4 nitrogen and oxygen atoms in total. The summed E-state index contributed by atoms with van der Waals surface area (Å²) >= 11 is 0. The molecule has 1 heterocycles. The highest BCUT2D eigenvalue weighted by atomic mass is 16.5. The highest BCUT2D eigenvalue weighted by Crippen LogP contribution is 2.29. The zero-order chi connectivity index (χ0) is 9.10. The van der Waals surface area contributed by atoms with Crippen LogP contribution in [0.2, 0.25) is 0 Å². The van der Waals surface area contributed by atoms with Crippen molar-refractivity contribution in [3.05, 3.63) is 11.7 Å². The van der Waals surface area contributed by atoms with Crippen LogP contribution in [0.1, 0.15) is 31.0 Å². The smallest absolute Gasteiger partial charge is 0.226 e. The Morgan fingerprint density at radius 2 is 2.38 bits per heavy atom. The lowest BCUT2D eigenvalue weighted by Crippen LogP contribution is -2.14. The Balaban J connectivity index is 1.88.